The average molecular weight is 269 g/mol. The van der Waals surface area contributed by atoms with Crippen LogP contribution < -0.4 is 5.32 Å². The summed E-state index contributed by atoms with van der Waals surface area (Å²) in [6, 6.07) is 2.19. The Morgan fingerprint density at radius 2 is 2.44 bits per heavy atom. The van der Waals surface area contributed by atoms with Crippen molar-refractivity contribution in [2.24, 2.45) is 5.92 Å². The Hall–Kier alpha value is -0.420. The van der Waals surface area contributed by atoms with Crippen LogP contribution in [0.1, 0.15) is 29.4 Å². The van der Waals surface area contributed by atoms with Crippen LogP contribution in [0.5, 0.6) is 0 Å². The fraction of sp³-hybridized carbons (Fsp3) is 0.714. The monoisotopic (exact) mass is 269 g/mol. The summed E-state index contributed by atoms with van der Waals surface area (Å²) < 4.78 is 11.1. The Bertz CT molecular complexity index is 353. The van der Waals surface area contributed by atoms with Crippen molar-refractivity contribution < 1.29 is 9.47 Å². The molecule has 0 spiro atoms. The minimum Gasteiger partial charge on any atom is -0.383 e. The van der Waals surface area contributed by atoms with E-state index in [1.54, 1.807) is 7.11 Å². The second-order valence-corrected chi connectivity index (χ2v) is 5.81. The lowest BCUT2D eigenvalue weighted by Gasteiger charge is -2.32. The van der Waals surface area contributed by atoms with E-state index in [0.717, 1.165) is 26.3 Å². The zero-order chi connectivity index (χ0) is 12.8. The molecule has 0 radical (unpaired) electrons. The lowest BCUT2D eigenvalue weighted by atomic mass is 9.92. The fourth-order valence-electron chi connectivity index (χ4n) is 2.48. The quantitative estimate of drug-likeness (QED) is 0.806. The molecule has 1 saturated heterocycles. The van der Waals surface area contributed by atoms with Gasteiger partial charge in [-0.25, -0.2) is 0 Å². The van der Waals surface area contributed by atoms with Gasteiger partial charge in [0.25, 0.3) is 0 Å². The third-order valence-electron chi connectivity index (χ3n) is 3.49. The van der Waals surface area contributed by atoms with Crippen molar-refractivity contribution in [3.05, 3.63) is 21.9 Å². The Morgan fingerprint density at radius 1 is 1.56 bits per heavy atom. The van der Waals surface area contributed by atoms with Crippen LogP contribution in [0.15, 0.2) is 11.4 Å². The van der Waals surface area contributed by atoms with Crippen molar-refractivity contribution in [2.75, 3.05) is 33.4 Å². The average Bonchev–Trinajstić information content (AvgIpc) is 2.81. The zero-order valence-electron chi connectivity index (χ0n) is 11.3. The van der Waals surface area contributed by atoms with E-state index < -0.39 is 0 Å². The molecule has 18 heavy (non-hydrogen) atoms. The van der Waals surface area contributed by atoms with E-state index in [9.17, 15) is 0 Å². The molecule has 1 aliphatic heterocycles. The standard InChI is InChI=1S/C14H23NO2S/c1-11-5-9-18-14(11)13-12(4-3-7-17-13)10-15-6-8-16-2/h5,9,12-13,15H,3-4,6-8,10H2,1-2H3. The molecule has 2 atom stereocenters. The van der Waals surface area contributed by atoms with Gasteiger partial charge in [0.2, 0.25) is 0 Å². The number of nitrogens with one attached hydrogen (secondary N) is 1. The number of hydrogen-bond donors (Lipinski definition) is 1. The topological polar surface area (TPSA) is 30.5 Å². The summed E-state index contributed by atoms with van der Waals surface area (Å²) in [5.74, 6) is 0.591. The molecule has 1 aromatic heterocycles. The number of thiophene rings is 1. The highest BCUT2D eigenvalue weighted by atomic mass is 32.1. The number of hydrogen-bond acceptors (Lipinski definition) is 4. The van der Waals surface area contributed by atoms with Gasteiger partial charge in [0.15, 0.2) is 0 Å². The molecule has 2 unspecified atom stereocenters. The van der Waals surface area contributed by atoms with Crippen molar-refractivity contribution in [3.63, 3.8) is 0 Å². The SMILES string of the molecule is COCCNCC1CCCOC1c1sccc1C. The van der Waals surface area contributed by atoms with Gasteiger partial charge in [-0.1, -0.05) is 0 Å². The van der Waals surface area contributed by atoms with Crippen molar-refractivity contribution in [1.29, 1.82) is 0 Å². The summed E-state index contributed by atoms with van der Waals surface area (Å²) >= 11 is 1.83. The van der Waals surface area contributed by atoms with Crippen LogP contribution >= 0.6 is 11.3 Å². The lowest BCUT2D eigenvalue weighted by molar-refractivity contribution is -0.0261. The third kappa shape index (κ3) is 3.54. The van der Waals surface area contributed by atoms with Gasteiger partial charge in [0, 0.05) is 37.6 Å². The van der Waals surface area contributed by atoms with Gasteiger partial charge in [-0.3, -0.25) is 0 Å². The maximum atomic E-state index is 6.01. The minimum atomic E-state index is 0.286. The first-order chi connectivity index (χ1) is 8.83. The normalized spacial score (nSPS) is 24.3. The molecule has 1 aliphatic rings. The molecular weight excluding hydrogens is 246 g/mol. The smallest absolute Gasteiger partial charge is 0.0959 e. The van der Waals surface area contributed by atoms with E-state index in [0.29, 0.717) is 5.92 Å². The summed E-state index contributed by atoms with van der Waals surface area (Å²) in [6.07, 6.45) is 2.72. The summed E-state index contributed by atoms with van der Waals surface area (Å²) in [4.78, 5) is 1.41. The molecular formula is C14H23NO2S. The molecule has 2 rings (SSSR count). The van der Waals surface area contributed by atoms with E-state index in [-0.39, 0.29) is 6.10 Å². The first kappa shape index (κ1) is 14.0. The maximum Gasteiger partial charge on any atom is 0.0959 e. The molecule has 1 N–H and O–H groups in total. The van der Waals surface area contributed by atoms with Crippen LogP contribution in [0.2, 0.25) is 0 Å². The Labute approximate surface area is 113 Å². The predicted octanol–water partition coefficient (Wildman–Crippen LogP) is 2.76. The summed E-state index contributed by atoms with van der Waals surface area (Å²) in [5.41, 5.74) is 1.37. The molecule has 4 heteroatoms. The van der Waals surface area contributed by atoms with Crippen LogP contribution in [0, 0.1) is 12.8 Å². The van der Waals surface area contributed by atoms with Crippen molar-refractivity contribution in [2.45, 2.75) is 25.9 Å². The lowest BCUT2D eigenvalue weighted by Crippen LogP contribution is -2.33. The molecule has 0 aromatic carbocycles. The fourth-order valence-corrected chi connectivity index (χ4v) is 3.55. The second-order valence-electron chi connectivity index (χ2n) is 4.86. The maximum absolute atomic E-state index is 6.01. The number of aryl methyl sites for hydroxylation is 1. The molecule has 0 aliphatic carbocycles. The van der Waals surface area contributed by atoms with E-state index >= 15 is 0 Å². The van der Waals surface area contributed by atoms with Gasteiger partial charge >= 0.3 is 0 Å². The molecule has 0 saturated carbocycles. The van der Waals surface area contributed by atoms with E-state index in [1.165, 1.54) is 23.3 Å². The summed E-state index contributed by atoms with van der Waals surface area (Å²) in [5, 5.41) is 5.63. The first-order valence-electron chi connectivity index (χ1n) is 6.68. The Kier molecular flexibility index (Phi) is 5.63. The highest BCUT2D eigenvalue weighted by Gasteiger charge is 2.28. The molecule has 102 valence electrons. The molecule has 2 heterocycles. The second kappa shape index (κ2) is 7.24. The van der Waals surface area contributed by atoms with E-state index in [4.69, 9.17) is 9.47 Å². The minimum absolute atomic E-state index is 0.286. The zero-order valence-corrected chi connectivity index (χ0v) is 12.1. The molecule has 1 fully saturated rings. The van der Waals surface area contributed by atoms with Gasteiger partial charge in [-0.15, -0.1) is 11.3 Å². The Morgan fingerprint density at radius 3 is 3.17 bits per heavy atom. The van der Waals surface area contributed by atoms with Crippen LogP contribution in [-0.2, 0) is 9.47 Å². The molecule has 0 amide bonds. The van der Waals surface area contributed by atoms with Crippen LogP contribution in [-0.4, -0.2) is 33.4 Å². The molecule has 0 bridgehead atoms. The number of rotatable bonds is 6. The van der Waals surface area contributed by atoms with Gasteiger partial charge in [0.1, 0.15) is 0 Å². The highest BCUT2D eigenvalue weighted by Crippen LogP contribution is 2.37. The predicted molar refractivity (Wildman–Crippen MR) is 75.2 cm³/mol. The third-order valence-corrected chi connectivity index (χ3v) is 4.57. The number of methoxy groups -OCH3 is 1. The summed E-state index contributed by atoms with van der Waals surface area (Å²) in [6.45, 7) is 5.79. The highest BCUT2D eigenvalue weighted by molar-refractivity contribution is 7.10. The number of ether oxygens (including phenoxy) is 2. The van der Waals surface area contributed by atoms with Crippen molar-refractivity contribution in [1.82, 2.24) is 5.32 Å². The summed E-state index contributed by atoms with van der Waals surface area (Å²) in [7, 11) is 1.74. The van der Waals surface area contributed by atoms with Crippen LogP contribution in [0.4, 0.5) is 0 Å². The van der Waals surface area contributed by atoms with Gasteiger partial charge in [-0.2, -0.15) is 0 Å². The van der Waals surface area contributed by atoms with Crippen molar-refractivity contribution in [3.8, 4) is 0 Å². The first-order valence-corrected chi connectivity index (χ1v) is 7.56. The van der Waals surface area contributed by atoms with Gasteiger partial charge in [0.05, 0.1) is 12.7 Å². The molecule has 3 nitrogen and oxygen atoms in total. The molecule has 1 aromatic rings. The Balaban J connectivity index is 1.92. The van der Waals surface area contributed by atoms with E-state index in [1.807, 2.05) is 11.3 Å². The largest absolute Gasteiger partial charge is 0.383 e. The van der Waals surface area contributed by atoms with Gasteiger partial charge in [-0.05, 0) is 36.8 Å². The van der Waals surface area contributed by atoms with Crippen LogP contribution in [0.3, 0.4) is 0 Å². The van der Waals surface area contributed by atoms with Crippen LogP contribution in [0.25, 0.3) is 0 Å². The van der Waals surface area contributed by atoms with Gasteiger partial charge < -0.3 is 14.8 Å². The van der Waals surface area contributed by atoms with E-state index in [2.05, 4.69) is 23.7 Å². The van der Waals surface area contributed by atoms with Crippen molar-refractivity contribution >= 4 is 11.3 Å².